The molecule has 0 unspecified atom stereocenters. The Hall–Kier alpha value is -1.71. The smallest absolute Gasteiger partial charge is 0.271 e. The average Bonchev–Trinajstić information content (AvgIpc) is 2.95. The van der Waals surface area contributed by atoms with Gasteiger partial charge >= 0.3 is 0 Å². The maximum absolute atomic E-state index is 12.2. The molecule has 0 saturated heterocycles. The predicted octanol–water partition coefficient (Wildman–Crippen LogP) is 2.20. The number of nitrogens with one attached hydrogen (secondary N) is 2. The second kappa shape index (κ2) is 4.93. The summed E-state index contributed by atoms with van der Waals surface area (Å²) in [6.45, 7) is 0. The molecule has 9 heteroatoms. The zero-order chi connectivity index (χ0) is 15.2. The highest BCUT2D eigenvalue weighted by molar-refractivity contribution is 9.11. The molecule has 2 aromatic rings. The molecule has 2 amide bonds. The van der Waals surface area contributed by atoms with E-state index in [0.717, 1.165) is 11.3 Å². The van der Waals surface area contributed by atoms with Gasteiger partial charge in [-0.15, -0.1) is 11.3 Å². The van der Waals surface area contributed by atoms with Crippen molar-refractivity contribution in [2.24, 2.45) is 0 Å². The number of imide groups is 1. The van der Waals surface area contributed by atoms with Gasteiger partial charge in [0.05, 0.1) is 14.9 Å². The van der Waals surface area contributed by atoms with Crippen LogP contribution in [0.4, 0.5) is 5.69 Å². The average molecular weight is 387 g/mol. The van der Waals surface area contributed by atoms with Crippen LogP contribution >= 0.6 is 27.3 Å². The number of sulfonamides is 1. The van der Waals surface area contributed by atoms with Crippen molar-refractivity contribution in [2.75, 3.05) is 4.72 Å². The van der Waals surface area contributed by atoms with E-state index in [1.807, 2.05) is 0 Å². The van der Waals surface area contributed by atoms with Crippen molar-refractivity contribution in [3.05, 3.63) is 45.2 Å². The van der Waals surface area contributed by atoms with Crippen molar-refractivity contribution >= 4 is 54.8 Å². The molecule has 0 bridgehead atoms. The fourth-order valence-corrected chi connectivity index (χ4v) is 4.94. The third kappa shape index (κ3) is 2.59. The van der Waals surface area contributed by atoms with E-state index in [1.54, 1.807) is 6.07 Å². The minimum Gasteiger partial charge on any atom is -0.288 e. The normalized spacial score (nSPS) is 14.0. The highest BCUT2D eigenvalue weighted by Crippen LogP contribution is 2.28. The minimum absolute atomic E-state index is 0.149. The molecule has 1 aliphatic rings. The standard InChI is InChI=1S/C12H7BrN2O4S2/c13-9-3-4-10(20-9)21(18,19)15-6-1-2-7-8(5-6)12(17)14-11(7)16/h1-5,15H,(H,14,16,17). The fraction of sp³-hybridized carbons (Fsp3) is 0. The summed E-state index contributed by atoms with van der Waals surface area (Å²) in [5, 5.41) is 2.15. The minimum atomic E-state index is -3.72. The zero-order valence-corrected chi connectivity index (χ0v) is 13.4. The first-order valence-electron chi connectivity index (χ1n) is 5.65. The third-order valence-corrected chi connectivity index (χ3v) is 6.30. The molecule has 2 N–H and O–H groups in total. The summed E-state index contributed by atoms with van der Waals surface area (Å²) in [5.74, 6) is -1.01. The first-order chi connectivity index (χ1) is 9.87. The Labute approximate surface area is 132 Å². The fourth-order valence-electron chi connectivity index (χ4n) is 1.88. The molecule has 0 atom stereocenters. The van der Waals surface area contributed by atoms with Gasteiger partial charge in [-0.3, -0.25) is 19.6 Å². The number of rotatable bonds is 3. The predicted molar refractivity (Wildman–Crippen MR) is 81.1 cm³/mol. The van der Waals surface area contributed by atoms with Crippen LogP contribution in [-0.4, -0.2) is 20.2 Å². The molecule has 3 rings (SSSR count). The van der Waals surface area contributed by atoms with Gasteiger partial charge in [0.1, 0.15) is 4.21 Å². The van der Waals surface area contributed by atoms with Gasteiger partial charge in [0.2, 0.25) is 0 Å². The van der Waals surface area contributed by atoms with Crippen LogP contribution in [0.5, 0.6) is 0 Å². The Morgan fingerprint density at radius 2 is 1.76 bits per heavy atom. The number of fused-ring (bicyclic) bond motifs is 1. The van der Waals surface area contributed by atoms with Gasteiger partial charge in [-0.25, -0.2) is 8.42 Å². The third-order valence-electron chi connectivity index (χ3n) is 2.80. The number of thiophene rings is 1. The number of hydrogen-bond acceptors (Lipinski definition) is 5. The second-order valence-electron chi connectivity index (χ2n) is 4.21. The molecule has 2 heterocycles. The van der Waals surface area contributed by atoms with E-state index in [4.69, 9.17) is 0 Å². The van der Waals surface area contributed by atoms with Crippen LogP contribution < -0.4 is 10.0 Å². The number of benzene rings is 1. The van der Waals surface area contributed by atoms with Gasteiger partial charge in [-0.05, 0) is 46.3 Å². The molecular weight excluding hydrogens is 380 g/mol. The second-order valence-corrected chi connectivity index (χ2v) is 8.58. The van der Waals surface area contributed by atoms with Gasteiger partial charge in [0.25, 0.3) is 21.8 Å². The number of hydrogen-bond donors (Lipinski definition) is 2. The van der Waals surface area contributed by atoms with E-state index in [9.17, 15) is 18.0 Å². The van der Waals surface area contributed by atoms with Crippen molar-refractivity contribution in [1.82, 2.24) is 5.32 Å². The van der Waals surface area contributed by atoms with Gasteiger partial charge in [-0.1, -0.05) is 0 Å². The summed E-state index contributed by atoms with van der Waals surface area (Å²) < 4.78 is 27.6. The van der Waals surface area contributed by atoms with Crippen molar-refractivity contribution in [1.29, 1.82) is 0 Å². The van der Waals surface area contributed by atoms with Crippen molar-refractivity contribution < 1.29 is 18.0 Å². The van der Waals surface area contributed by atoms with Crippen LogP contribution in [0.15, 0.2) is 38.3 Å². The number of halogens is 1. The monoisotopic (exact) mass is 386 g/mol. The van der Waals surface area contributed by atoms with Crippen LogP contribution in [0.3, 0.4) is 0 Å². The van der Waals surface area contributed by atoms with E-state index in [0.29, 0.717) is 3.79 Å². The van der Waals surface area contributed by atoms with E-state index in [-0.39, 0.29) is 21.0 Å². The van der Waals surface area contributed by atoms with Crippen LogP contribution in [0.1, 0.15) is 20.7 Å². The summed E-state index contributed by atoms with van der Waals surface area (Å²) in [6.07, 6.45) is 0. The van der Waals surface area contributed by atoms with Crippen molar-refractivity contribution in [3.8, 4) is 0 Å². The number of carbonyl (C=O) groups excluding carboxylic acids is 2. The van der Waals surface area contributed by atoms with E-state index in [1.165, 1.54) is 24.3 Å². The van der Waals surface area contributed by atoms with Gasteiger partial charge in [-0.2, -0.15) is 0 Å². The van der Waals surface area contributed by atoms with Crippen LogP contribution in [0, 0.1) is 0 Å². The lowest BCUT2D eigenvalue weighted by atomic mass is 10.1. The van der Waals surface area contributed by atoms with Gasteiger partial charge in [0, 0.05) is 5.69 Å². The Morgan fingerprint density at radius 3 is 2.43 bits per heavy atom. The lowest BCUT2D eigenvalue weighted by Gasteiger charge is -2.06. The quantitative estimate of drug-likeness (QED) is 0.790. The molecule has 0 saturated carbocycles. The molecule has 1 aromatic carbocycles. The molecule has 0 fully saturated rings. The first kappa shape index (κ1) is 14.2. The summed E-state index contributed by atoms with van der Waals surface area (Å²) in [7, 11) is -3.72. The molecule has 21 heavy (non-hydrogen) atoms. The maximum Gasteiger partial charge on any atom is 0.271 e. The van der Waals surface area contributed by atoms with Crippen molar-refractivity contribution in [2.45, 2.75) is 4.21 Å². The number of carbonyl (C=O) groups is 2. The summed E-state index contributed by atoms with van der Waals surface area (Å²) in [4.78, 5) is 23.0. The van der Waals surface area contributed by atoms with Crippen LogP contribution in [-0.2, 0) is 10.0 Å². The van der Waals surface area contributed by atoms with Gasteiger partial charge in [0.15, 0.2) is 0 Å². The summed E-state index contributed by atoms with van der Waals surface area (Å²) in [5.41, 5.74) is 0.623. The molecule has 1 aromatic heterocycles. The SMILES string of the molecule is O=C1NC(=O)c2cc(NS(=O)(=O)c3ccc(Br)s3)ccc21. The Kier molecular flexibility index (Phi) is 3.34. The molecule has 0 spiro atoms. The van der Waals surface area contributed by atoms with Crippen LogP contribution in [0.2, 0.25) is 0 Å². The lowest BCUT2D eigenvalue weighted by molar-refractivity contribution is 0.0879. The topological polar surface area (TPSA) is 92.3 Å². The lowest BCUT2D eigenvalue weighted by Crippen LogP contribution is -2.19. The molecular formula is C12H7BrN2O4S2. The Morgan fingerprint density at radius 1 is 1.05 bits per heavy atom. The van der Waals surface area contributed by atoms with E-state index in [2.05, 4.69) is 26.0 Å². The largest absolute Gasteiger partial charge is 0.288 e. The summed E-state index contributed by atoms with van der Waals surface area (Å²) >= 11 is 4.27. The van der Waals surface area contributed by atoms with Gasteiger partial charge < -0.3 is 0 Å². The molecule has 6 nitrogen and oxygen atoms in total. The van der Waals surface area contributed by atoms with Crippen LogP contribution in [0.25, 0.3) is 0 Å². The zero-order valence-electron chi connectivity index (χ0n) is 10.2. The van der Waals surface area contributed by atoms with E-state index >= 15 is 0 Å². The molecule has 0 radical (unpaired) electrons. The molecule has 1 aliphatic heterocycles. The first-order valence-corrected chi connectivity index (χ1v) is 8.74. The Bertz CT molecular complexity index is 873. The Balaban J connectivity index is 1.95. The summed E-state index contributed by atoms with van der Waals surface area (Å²) in [6, 6.07) is 7.31. The maximum atomic E-state index is 12.2. The number of amides is 2. The highest BCUT2D eigenvalue weighted by Gasteiger charge is 2.27. The van der Waals surface area contributed by atoms with E-state index < -0.39 is 21.8 Å². The molecule has 108 valence electrons. The number of anilines is 1. The van der Waals surface area contributed by atoms with Crippen molar-refractivity contribution in [3.63, 3.8) is 0 Å². The highest BCUT2D eigenvalue weighted by atomic mass is 79.9. The molecule has 0 aliphatic carbocycles.